The van der Waals surface area contributed by atoms with Crippen molar-refractivity contribution in [3.8, 4) is 17.2 Å². The van der Waals surface area contributed by atoms with Gasteiger partial charge < -0.3 is 24.8 Å². The molecule has 0 bridgehead atoms. The zero-order valence-electron chi connectivity index (χ0n) is 18.3. The summed E-state index contributed by atoms with van der Waals surface area (Å²) in [5.74, 6) is 3.65. The topological polar surface area (TPSA) is 67.4 Å². The third-order valence-electron chi connectivity index (χ3n) is 5.40. The van der Waals surface area contributed by atoms with Crippen LogP contribution < -0.4 is 24.8 Å². The van der Waals surface area contributed by atoms with Crippen molar-refractivity contribution in [2.45, 2.75) is 39.3 Å². The Bertz CT molecular complexity index is 638. The van der Waals surface area contributed by atoms with Gasteiger partial charge in [0.1, 0.15) is 17.2 Å². The van der Waals surface area contributed by atoms with Crippen LogP contribution in [0.2, 0.25) is 0 Å². The standard InChI is InChI=1S/C21H36N4O3/c1-14(2)25-12-15(3)18(13-25)24-21(22-4)23-9-8-17-19(27-6)10-16(26-5)11-20(17)28-7/h10-11,14-15,18H,8-9,12-13H2,1-7H3,(H2,22,23,24). The third-order valence-corrected chi connectivity index (χ3v) is 5.40. The molecule has 1 fully saturated rings. The second kappa shape index (κ2) is 10.4. The lowest BCUT2D eigenvalue weighted by atomic mass is 10.1. The average Bonchev–Trinajstić information content (AvgIpc) is 3.07. The van der Waals surface area contributed by atoms with E-state index in [0.29, 0.717) is 30.3 Å². The quantitative estimate of drug-likeness (QED) is 0.522. The summed E-state index contributed by atoms with van der Waals surface area (Å²) in [7, 11) is 6.76. The maximum Gasteiger partial charge on any atom is 0.191 e. The van der Waals surface area contributed by atoms with Gasteiger partial charge in [-0.05, 0) is 26.2 Å². The SMILES string of the molecule is CN=C(NCCc1c(OC)cc(OC)cc1OC)NC1CN(C(C)C)CC1C. The first-order valence-electron chi connectivity index (χ1n) is 9.93. The van der Waals surface area contributed by atoms with Crippen LogP contribution in [0.1, 0.15) is 26.3 Å². The van der Waals surface area contributed by atoms with E-state index >= 15 is 0 Å². The lowest BCUT2D eigenvalue weighted by molar-refractivity contribution is 0.265. The summed E-state index contributed by atoms with van der Waals surface area (Å²) in [5, 5.41) is 7.00. The summed E-state index contributed by atoms with van der Waals surface area (Å²) in [6.45, 7) is 9.66. The van der Waals surface area contributed by atoms with Gasteiger partial charge in [-0.1, -0.05) is 6.92 Å². The van der Waals surface area contributed by atoms with Gasteiger partial charge in [-0.2, -0.15) is 0 Å². The van der Waals surface area contributed by atoms with Gasteiger partial charge in [-0.15, -0.1) is 0 Å². The van der Waals surface area contributed by atoms with Crippen LogP contribution in [0.4, 0.5) is 0 Å². The highest BCUT2D eigenvalue weighted by Gasteiger charge is 2.31. The van der Waals surface area contributed by atoms with Crippen LogP contribution in [0, 0.1) is 5.92 Å². The molecule has 1 aliphatic rings. The number of hydrogen-bond acceptors (Lipinski definition) is 5. The summed E-state index contributed by atoms with van der Waals surface area (Å²) in [4.78, 5) is 6.90. The minimum atomic E-state index is 0.402. The number of guanidine groups is 1. The minimum Gasteiger partial charge on any atom is -0.496 e. The number of hydrogen-bond donors (Lipinski definition) is 2. The fourth-order valence-electron chi connectivity index (χ4n) is 3.61. The average molecular weight is 393 g/mol. The Labute approximate surface area is 169 Å². The van der Waals surface area contributed by atoms with Crippen molar-refractivity contribution in [3.63, 3.8) is 0 Å². The number of benzene rings is 1. The molecule has 0 spiro atoms. The van der Waals surface area contributed by atoms with Gasteiger partial charge in [0.15, 0.2) is 5.96 Å². The molecule has 1 aliphatic heterocycles. The van der Waals surface area contributed by atoms with Gasteiger partial charge in [-0.25, -0.2) is 0 Å². The van der Waals surface area contributed by atoms with Crippen LogP contribution in [0.3, 0.4) is 0 Å². The molecular weight excluding hydrogens is 356 g/mol. The predicted octanol–water partition coefficient (Wildman–Crippen LogP) is 2.15. The molecule has 0 saturated carbocycles. The van der Waals surface area contributed by atoms with E-state index in [0.717, 1.165) is 42.5 Å². The van der Waals surface area contributed by atoms with E-state index in [1.54, 1.807) is 21.3 Å². The number of likely N-dealkylation sites (tertiary alicyclic amines) is 1. The van der Waals surface area contributed by atoms with Gasteiger partial charge >= 0.3 is 0 Å². The highest BCUT2D eigenvalue weighted by atomic mass is 16.5. The molecule has 7 heteroatoms. The molecule has 1 aromatic carbocycles. The second-order valence-electron chi connectivity index (χ2n) is 7.54. The van der Waals surface area contributed by atoms with Crippen molar-refractivity contribution in [3.05, 3.63) is 17.7 Å². The number of nitrogens with one attached hydrogen (secondary N) is 2. The van der Waals surface area contributed by atoms with Gasteiger partial charge in [0, 0.05) is 56.5 Å². The molecule has 158 valence electrons. The fraction of sp³-hybridized carbons (Fsp3) is 0.667. The van der Waals surface area contributed by atoms with Gasteiger partial charge in [-0.3, -0.25) is 9.89 Å². The van der Waals surface area contributed by atoms with Crippen molar-refractivity contribution in [2.24, 2.45) is 10.9 Å². The molecule has 0 radical (unpaired) electrons. The Hall–Kier alpha value is -2.15. The number of aliphatic imine (C=N–C) groups is 1. The van der Waals surface area contributed by atoms with E-state index in [1.807, 2.05) is 19.2 Å². The van der Waals surface area contributed by atoms with Crippen LogP contribution in [0.5, 0.6) is 17.2 Å². The molecule has 2 rings (SSSR count). The normalized spacial score (nSPS) is 20.4. The van der Waals surface area contributed by atoms with Crippen LogP contribution >= 0.6 is 0 Å². The molecule has 2 N–H and O–H groups in total. The van der Waals surface area contributed by atoms with E-state index in [-0.39, 0.29) is 0 Å². The summed E-state index contributed by atoms with van der Waals surface area (Å²) >= 11 is 0. The zero-order valence-corrected chi connectivity index (χ0v) is 18.3. The Balaban J connectivity index is 1.96. The maximum absolute atomic E-state index is 5.53. The first-order valence-corrected chi connectivity index (χ1v) is 9.93. The number of nitrogens with zero attached hydrogens (tertiary/aromatic N) is 2. The minimum absolute atomic E-state index is 0.402. The predicted molar refractivity (Wildman–Crippen MR) is 114 cm³/mol. The lowest BCUT2D eigenvalue weighted by Gasteiger charge is -2.22. The largest absolute Gasteiger partial charge is 0.496 e. The first-order chi connectivity index (χ1) is 13.4. The zero-order chi connectivity index (χ0) is 20.7. The Morgan fingerprint density at radius 2 is 1.79 bits per heavy atom. The molecule has 0 aliphatic carbocycles. The highest BCUT2D eigenvalue weighted by Crippen LogP contribution is 2.34. The Morgan fingerprint density at radius 1 is 1.14 bits per heavy atom. The summed E-state index contributed by atoms with van der Waals surface area (Å²) in [6, 6.07) is 4.73. The number of rotatable bonds is 8. The van der Waals surface area contributed by atoms with E-state index in [2.05, 4.69) is 41.3 Å². The maximum atomic E-state index is 5.53. The number of ether oxygens (including phenoxy) is 3. The van der Waals surface area contributed by atoms with Gasteiger partial charge in [0.25, 0.3) is 0 Å². The highest BCUT2D eigenvalue weighted by molar-refractivity contribution is 5.80. The van der Waals surface area contributed by atoms with Crippen molar-refractivity contribution >= 4 is 5.96 Å². The molecule has 1 aromatic rings. The molecule has 2 atom stereocenters. The van der Waals surface area contributed by atoms with Gasteiger partial charge in [0.05, 0.1) is 21.3 Å². The van der Waals surface area contributed by atoms with Crippen molar-refractivity contribution in [2.75, 3.05) is 48.0 Å². The Kier molecular flexibility index (Phi) is 8.23. The smallest absolute Gasteiger partial charge is 0.191 e. The third kappa shape index (κ3) is 5.44. The van der Waals surface area contributed by atoms with Crippen LogP contribution in [-0.4, -0.2) is 71.0 Å². The van der Waals surface area contributed by atoms with Crippen molar-refractivity contribution < 1.29 is 14.2 Å². The molecule has 2 unspecified atom stereocenters. The van der Waals surface area contributed by atoms with Crippen molar-refractivity contribution in [1.29, 1.82) is 0 Å². The number of methoxy groups -OCH3 is 3. The van der Waals surface area contributed by atoms with E-state index in [9.17, 15) is 0 Å². The summed E-state index contributed by atoms with van der Waals surface area (Å²) in [6.07, 6.45) is 0.745. The van der Waals surface area contributed by atoms with E-state index in [4.69, 9.17) is 14.2 Å². The summed E-state index contributed by atoms with van der Waals surface area (Å²) < 4.78 is 16.4. The lowest BCUT2D eigenvalue weighted by Crippen LogP contribution is -2.47. The molecule has 1 saturated heterocycles. The van der Waals surface area contributed by atoms with Crippen LogP contribution in [-0.2, 0) is 6.42 Å². The summed E-state index contributed by atoms with van der Waals surface area (Å²) in [5.41, 5.74) is 1.01. The first kappa shape index (κ1) is 22.1. The van der Waals surface area contributed by atoms with E-state index in [1.165, 1.54) is 0 Å². The van der Waals surface area contributed by atoms with Crippen molar-refractivity contribution in [1.82, 2.24) is 15.5 Å². The molecule has 28 heavy (non-hydrogen) atoms. The monoisotopic (exact) mass is 392 g/mol. The second-order valence-corrected chi connectivity index (χ2v) is 7.54. The molecular formula is C21H36N4O3. The van der Waals surface area contributed by atoms with Crippen LogP contribution in [0.25, 0.3) is 0 Å². The molecule has 0 aromatic heterocycles. The molecule has 0 amide bonds. The Morgan fingerprint density at radius 3 is 2.25 bits per heavy atom. The molecule has 7 nitrogen and oxygen atoms in total. The van der Waals surface area contributed by atoms with E-state index < -0.39 is 0 Å². The fourth-order valence-corrected chi connectivity index (χ4v) is 3.61. The van der Waals surface area contributed by atoms with Crippen LogP contribution in [0.15, 0.2) is 17.1 Å². The molecule has 1 heterocycles. The van der Waals surface area contributed by atoms with Gasteiger partial charge in [0.2, 0.25) is 0 Å².